The van der Waals surface area contributed by atoms with E-state index in [1.807, 2.05) is 26.0 Å². The summed E-state index contributed by atoms with van der Waals surface area (Å²) in [6.45, 7) is 7.45. The van der Waals surface area contributed by atoms with E-state index in [1.165, 1.54) is 24.3 Å². The Morgan fingerprint density at radius 2 is 1.85 bits per heavy atom. The fraction of sp³-hybridized carbons (Fsp3) is 0.211. The van der Waals surface area contributed by atoms with Crippen molar-refractivity contribution in [2.24, 2.45) is 0 Å². The van der Waals surface area contributed by atoms with E-state index in [4.69, 9.17) is 4.74 Å². The third-order valence-corrected chi connectivity index (χ3v) is 4.97. The summed E-state index contributed by atoms with van der Waals surface area (Å²) in [6.07, 6.45) is 1.57. The first-order chi connectivity index (χ1) is 12.3. The molecular formula is C19H22N2O4S. The van der Waals surface area contributed by atoms with Crippen molar-refractivity contribution in [1.82, 2.24) is 5.32 Å². The van der Waals surface area contributed by atoms with Crippen molar-refractivity contribution >= 4 is 21.6 Å². The second kappa shape index (κ2) is 8.53. The second-order valence-electron chi connectivity index (χ2n) is 5.78. The average molecular weight is 374 g/mol. The Balaban J connectivity index is 2.05. The number of nitrogens with one attached hydrogen (secondary N) is 2. The summed E-state index contributed by atoms with van der Waals surface area (Å²) in [4.78, 5) is 11.6. The van der Waals surface area contributed by atoms with Crippen LogP contribution in [0.25, 0.3) is 0 Å². The third kappa shape index (κ3) is 5.35. The van der Waals surface area contributed by atoms with E-state index in [-0.39, 0.29) is 17.4 Å². The smallest absolute Gasteiger partial charge is 0.261 e. The van der Waals surface area contributed by atoms with Gasteiger partial charge in [0.15, 0.2) is 6.61 Å². The lowest BCUT2D eigenvalue weighted by Gasteiger charge is -2.12. The van der Waals surface area contributed by atoms with Gasteiger partial charge < -0.3 is 10.1 Å². The maximum Gasteiger partial charge on any atom is 0.261 e. The fourth-order valence-electron chi connectivity index (χ4n) is 2.15. The van der Waals surface area contributed by atoms with E-state index in [0.717, 1.165) is 11.1 Å². The van der Waals surface area contributed by atoms with Crippen LogP contribution in [0.1, 0.15) is 11.1 Å². The zero-order valence-corrected chi connectivity index (χ0v) is 15.6. The van der Waals surface area contributed by atoms with Crippen LogP contribution in [0.3, 0.4) is 0 Å². The van der Waals surface area contributed by atoms with Crippen molar-refractivity contribution in [3.63, 3.8) is 0 Å². The highest BCUT2D eigenvalue weighted by Crippen LogP contribution is 2.22. The van der Waals surface area contributed by atoms with Crippen LogP contribution in [-0.2, 0) is 14.8 Å². The number of carbonyl (C=O) groups is 1. The summed E-state index contributed by atoms with van der Waals surface area (Å²) in [7, 11) is -3.71. The number of benzene rings is 2. The molecule has 0 unspecified atom stereocenters. The van der Waals surface area contributed by atoms with Crippen molar-refractivity contribution in [3.05, 3.63) is 66.2 Å². The highest BCUT2D eigenvalue weighted by Gasteiger charge is 2.15. The van der Waals surface area contributed by atoms with Crippen LogP contribution in [0.5, 0.6) is 5.75 Å². The van der Waals surface area contributed by atoms with Gasteiger partial charge in [-0.1, -0.05) is 18.2 Å². The van der Waals surface area contributed by atoms with Gasteiger partial charge in [0, 0.05) is 6.54 Å². The number of hydrogen-bond donors (Lipinski definition) is 2. The fourth-order valence-corrected chi connectivity index (χ4v) is 3.27. The van der Waals surface area contributed by atoms with E-state index in [1.54, 1.807) is 12.1 Å². The average Bonchev–Trinajstić information content (AvgIpc) is 2.61. The number of ether oxygens (including phenoxy) is 1. The number of rotatable bonds is 8. The van der Waals surface area contributed by atoms with Crippen LogP contribution < -0.4 is 14.8 Å². The van der Waals surface area contributed by atoms with Gasteiger partial charge in [0.25, 0.3) is 15.9 Å². The normalized spacial score (nSPS) is 10.8. The first-order valence-electron chi connectivity index (χ1n) is 8.02. The van der Waals surface area contributed by atoms with Gasteiger partial charge in [-0.25, -0.2) is 8.42 Å². The Labute approximate surface area is 153 Å². The molecule has 0 aromatic heterocycles. The van der Waals surface area contributed by atoms with Gasteiger partial charge in [0.05, 0.1) is 10.6 Å². The van der Waals surface area contributed by atoms with Crippen molar-refractivity contribution < 1.29 is 17.9 Å². The standard InChI is InChI=1S/C19H22N2O4S/c1-4-11-20-19(22)13-25-16-7-9-17(10-8-16)26(23,24)21-18-12-14(2)5-6-15(18)3/h4-10,12,21H,1,11,13H2,2-3H3,(H,20,22). The second-order valence-corrected chi connectivity index (χ2v) is 7.46. The summed E-state index contributed by atoms with van der Waals surface area (Å²) < 4.78 is 33.0. The van der Waals surface area contributed by atoms with Crippen molar-refractivity contribution in [3.8, 4) is 5.75 Å². The molecule has 0 fully saturated rings. The molecule has 2 aromatic carbocycles. The lowest BCUT2D eigenvalue weighted by molar-refractivity contribution is -0.122. The topological polar surface area (TPSA) is 84.5 Å². The van der Waals surface area contributed by atoms with Gasteiger partial charge in [-0.2, -0.15) is 0 Å². The van der Waals surface area contributed by atoms with Crippen molar-refractivity contribution in [1.29, 1.82) is 0 Å². The first-order valence-corrected chi connectivity index (χ1v) is 9.50. The molecular weight excluding hydrogens is 352 g/mol. The van der Waals surface area contributed by atoms with Gasteiger partial charge in [0.2, 0.25) is 0 Å². The molecule has 2 N–H and O–H groups in total. The molecule has 0 spiro atoms. The van der Waals surface area contributed by atoms with Crippen molar-refractivity contribution in [2.75, 3.05) is 17.9 Å². The molecule has 0 aliphatic carbocycles. The highest BCUT2D eigenvalue weighted by molar-refractivity contribution is 7.92. The zero-order valence-electron chi connectivity index (χ0n) is 14.8. The van der Waals surface area contributed by atoms with E-state index in [0.29, 0.717) is 18.0 Å². The number of anilines is 1. The van der Waals surface area contributed by atoms with E-state index < -0.39 is 10.0 Å². The molecule has 1 amide bonds. The summed E-state index contributed by atoms with van der Waals surface area (Å²) in [5.41, 5.74) is 2.35. The molecule has 0 saturated heterocycles. The minimum Gasteiger partial charge on any atom is -0.484 e. The molecule has 0 heterocycles. The lowest BCUT2D eigenvalue weighted by Crippen LogP contribution is -2.28. The first kappa shape index (κ1) is 19.5. The third-order valence-electron chi connectivity index (χ3n) is 3.58. The lowest BCUT2D eigenvalue weighted by atomic mass is 10.1. The van der Waals surface area contributed by atoms with Gasteiger partial charge >= 0.3 is 0 Å². The SMILES string of the molecule is C=CCNC(=O)COc1ccc(S(=O)(=O)Nc2cc(C)ccc2C)cc1. The van der Waals surface area contributed by atoms with Crippen LogP contribution in [-0.4, -0.2) is 27.5 Å². The molecule has 2 aromatic rings. The maximum absolute atomic E-state index is 12.5. The minimum absolute atomic E-state index is 0.113. The van der Waals surface area contributed by atoms with Crippen LogP contribution in [0.15, 0.2) is 60.0 Å². The molecule has 0 bridgehead atoms. The summed E-state index contributed by atoms with van der Waals surface area (Å²) >= 11 is 0. The van der Waals surface area contributed by atoms with Crippen LogP contribution in [0.2, 0.25) is 0 Å². The van der Waals surface area contributed by atoms with E-state index in [9.17, 15) is 13.2 Å². The summed E-state index contributed by atoms with van der Waals surface area (Å²) in [5.74, 6) is 0.127. The van der Waals surface area contributed by atoms with E-state index >= 15 is 0 Å². The molecule has 0 atom stereocenters. The minimum atomic E-state index is -3.71. The van der Waals surface area contributed by atoms with Gasteiger partial charge in [-0.05, 0) is 55.3 Å². The number of aryl methyl sites for hydroxylation is 2. The molecule has 0 aliphatic rings. The summed E-state index contributed by atoms with van der Waals surface area (Å²) in [5, 5.41) is 2.59. The largest absolute Gasteiger partial charge is 0.484 e. The maximum atomic E-state index is 12.5. The van der Waals surface area contributed by atoms with E-state index in [2.05, 4.69) is 16.6 Å². The molecule has 0 aliphatic heterocycles. The number of amides is 1. The van der Waals surface area contributed by atoms with Crippen LogP contribution in [0, 0.1) is 13.8 Å². The van der Waals surface area contributed by atoms with Gasteiger partial charge in [-0.3, -0.25) is 9.52 Å². The zero-order chi connectivity index (χ0) is 19.2. The Bertz CT molecular complexity index is 890. The molecule has 6 nitrogen and oxygen atoms in total. The quantitative estimate of drug-likeness (QED) is 0.696. The molecule has 7 heteroatoms. The molecule has 0 saturated carbocycles. The monoisotopic (exact) mass is 374 g/mol. The Kier molecular flexibility index (Phi) is 6.41. The predicted molar refractivity (Wildman–Crippen MR) is 102 cm³/mol. The van der Waals surface area contributed by atoms with Gasteiger partial charge in [0.1, 0.15) is 5.75 Å². The predicted octanol–water partition coefficient (Wildman–Crippen LogP) is 2.79. The Morgan fingerprint density at radius 1 is 1.15 bits per heavy atom. The molecule has 2 rings (SSSR count). The molecule has 26 heavy (non-hydrogen) atoms. The molecule has 138 valence electrons. The van der Waals surface area contributed by atoms with Crippen molar-refractivity contribution in [2.45, 2.75) is 18.7 Å². The number of carbonyl (C=O) groups excluding carboxylic acids is 1. The summed E-state index contributed by atoms with van der Waals surface area (Å²) in [6, 6.07) is 11.5. The van der Waals surface area contributed by atoms with Crippen LogP contribution in [0.4, 0.5) is 5.69 Å². The highest BCUT2D eigenvalue weighted by atomic mass is 32.2. The number of sulfonamides is 1. The van der Waals surface area contributed by atoms with Gasteiger partial charge in [-0.15, -0.1) is 6.58 Å². The Hall–Kier alpha value is -2.80. The van der Waals surface area contributed by atoms with Crippen LogP contribution >= 0.6 is 0 Å². The number of hydrogen-bond acceptors (Lipinski definition) is 4. The molecule has 0 radical (unpaired) electrons. The Morgan fingerprint density at radius 3 is 2.50 bits per heavy atom.